The highest BCUT2D eigenvalue weighted by Gasteiger charge is 2.31. The summed E-state index contributed by atoms with van der Waals surface area (Å²) in [7, 11) is 0. The highest BCUT2D eigenvalue weighted by atomic mass is 79.9. The molecule has 0 fully saturated rings. The Hall–Kier alpha value is -2.87. The third-order valence-electron chi connectivity index (χ3n) is 4.61. The highest BCUT2D eigenvalue weighted by Crippen LogP contribution is 2.35. The summed E-state index contributed by atoms with van der Waals surface area (Å²) in [5, 5.41) is 2.59. The molecule has 2 aromatic rings. The molecule has 1 N–H and O–H groups in total. The van der Waals surface area contributed by atoms with E-state index in [-0.39, 0.29) is 18.1 Å². The number of carbonyl (C=O) groups is 2. The fraction of sp³-hybridized carbons (Fsp3) is 0.250. The van der Waals surface area contributed by atoms with E-state index in [2.05, 4.69) is 31.2 Å². The SMILES string of the molecule is CC(=O)Nc1ccc(C(=O)CC2=Nc3c(C)cc(Br)cc3C3=NCCN23)cn1. The van der Waals surface area contributed by atoms with Crippen molar-refractivity contribution >= 4 is 50.8 Å². The number of pyridine rings is 1. The van der Waals surface area contributed by atoms with E-state index in [1.54, 1.807) is 12.1 Å². The van der Waals surface area contributed by atoms with Crippen LogP contribution in [-0.4, -0.2) is 46.3 Å². The molecule has 0 aliphatic carbocycles. The van der Waals surface area contributed by atoms with Crippen molar-refractivity contribution in [1.82, 2.24) is 9.88 Å². The van der Waals surface area contributed by atoms with Crippen LogP contribution < -0.4 is 5.32 Å². The number of anilines is 1. The van der Waals surface area contributed by atoms with E-state index in [0.717, 1.165) is 27.1 Å². The number of hydrogen-bond acceptors (Lipinski definition) is 6. The summed E-state index contributed by atoms with van der Waals surface area (Å²) >= 11 is 3.54. The van der Waals surface area contributed by atoms with Crippen molar-refractivity contribution in [2.75, 3.05) is 18.4 Å². The van der Waals surface area contributed by atoms with Gasteiger partial charge in [0.25, 0.3) is 0 Å². The zero-order valence-corrected chi connectivity index (χ0v) is 17.1. The molecule has 0 atom stereocenters. The second-order valence-corrected chi connectivity index (χ2v) is 7.63. The molecule has 0 radical (unpaired) electrons. The lowest BCUT2D eigenvalue weighted by Gasteiger charge is -2.28. The summed E-state index contributed by atoms with van der Waals surface area (Å²) in [6, 6.07) is 7.32. The van der Waals surface area contributed by atoms with Crippen LogP contribution in [0.25, 0.3) is 0 Å². The van der Waals surface area contributed by atoms with Gasteiger partial charge in [0.1, 0.15) is 17.5 Å². The molecule has 4 rings (SSSR count). The normalized spacial score (nSPS) is 14.8. The van der Waals surface area contributed by atoms with Gasteiger partial charge in [0.05, 0.1) is 18.7 Å². The Labute approximate surface area is 170 Å². The second kappa shape index (κ2) is 7.27. The first-order chi connectivity index (χ1) is 13.4. The molecule has 28 heavy (non-hydrogen) atoms. The molecule has 0 saturated carbocycles. The molecule has 2 aliphatic rings. The maximum absolute atomic E-state index is 12.8. The number of nitrogens with zero attached hydrogens (tertiary/aromatic N) is 4. The number of amides is 1. The minimum Gasteiger partial charge on any atom is -0.312 e. The number of fused-ring (bicyclic) bond motifs is 3. The van der Waals surface area contributed by atoms with Gasteiger partial charge in [0, 0.05) is 35.3 Å². The van der Waals surface area contributed by atoms with Crippen molar-refractivity contribution in [3.05, 3.63) is 51.6 Å². The van der Waals surface area contributed by atoms with Crippen LogP contribution in [0.1, 0.15) is 34.8 Å². The van der Waals surface area contributed by atoms with Gasteiger partial charge in [-0.05, 0) is 36.8 Å². The maximum Gasteiger partial charge on any atom is 0.222 e. The predicted molar refractivity (Wildman–Crippen MR) is 112 cm³/mol. The summed E-state index contributed by atoms with van der Waals surface area (Å²) in [6.45, 7) is 4.81. The molecule has 8 heteroatoms. The molecule has 142 valence electrons. The molecular formula is C20H18BrN5O2. The number of Topliss-reactive ketones (excluding diaryl/α,β-unsaturated/α-hetero) is 1. The molecule has 0 saturated heterocycles. The number of aryl methyl sites for hydroxylation is 1. The Bertz CT molecular complexity index is 1040. The molecular weight excluding hydrogens is 422 g/mol. The monoisotopic (exact) mass is 439 g/mol. The number of hydrogen-bond donors (Lipinski definition) is 1. The van der Waals surface area contributed by atoms with Crippen molar-refractivity contribution < 1.29 is 9.59 Å². The zero-order valence-electron chi connectivity index (χ0n) is 15.5. The quantitative estimate of drug-likeness (QED) is 0.738. The average Bonchev–Trinajstić information content (AvgIpc) is 3.13. The van der Waals surface area contributed by atoms with E-state index >= 15 is 0 Å². The topological polar surface area (TPSA) is 87.0 Å². The van der Waals surface area contributed by atoms with Gasteiger partial charge in [0.15, 0.2) is 5.78 Å². The summed E-state index contributed by atoms with van der Waals surface area (Å²) in [4.78, 5) is 39.5. The van der Waals surface area contributed by atoms with Crippen LogP contribution in [0.15, 0.2) is 44.9 Å². The Morgan fingerprint density at radius 2 is 2.11 bits per heavy atom. The molecule has 3 heterocycles. The largest absolute Gasteiger partial charge is 0.312 e. The van der Waals surface area contributed by atoms with E-state index in [1.807, 2.05) is 24.0 Å². The van der Waals surface area contributed by atoms with E-state index < -0.39 is 0 Å². The molecule has 1 amide bonds. The van der Waals surface area contributed by atoms with Gasteiger partial charge in [-0.2, -0.15) is 0 Å². The number of nitrogens with one attached hydrogen (secondary N) is 1. The predicted octanol–water partition coefficient (Wildman–Crippen LogP) is 3.49. The number of aromatic nitrogens is 1. The van der Waals surface area contributed by atoms with Crippen molar-refractivity contribution in [3.63, 3.8) is 0 Å². The molecule has 0 bridgehead atoms. The van der Waals surface area contributed by atoms with Crippen molar-refractivity contribution in [1.29, 1.82) is 0 Å². The van der Waals surface area contributed by atoms with Gasteiger partial charge in [-0.15, -0.1) is 0 Å². The zero-order chi connectivity index (χ0) is 19.8. The van der Waals surface area contributed by atoms with Gasteiger partial charge >= 0.3 is 0 Å². The number of ketones is 1. The Kier molecular flexibility index (Phi) is 4.80. The van der Waals surface area contributed by atoms with Gasteiger partial charge in [-0.1, -0.05) is 15.9 Å². The van der Waals surface area contributed by atoms with Gasteiger partial charge in [-0.3, -0.25) is 14.6 Å². The van der Waals surface area contributed by atoms with Crippen molar-refractivity contribution in [3.8, 4) is 0 Å². The number of aliphatic imine (C=N–C) groups is 2. The first-order valence-corrected chi connectivity index (χ1v) is 9.68. The standard InChI is InChI=1S/C20H18BrN5O2/c1-11-7-14(21)8-15-19(11)25-18(26-6-5-22-20(15)26)9-16(28)13-3-4-17(23-10-13)24-12(2)27/h3-4,7-8,10H,5-6,9H2,1-2H3,(H,23,24,27). The lowest BCUT2D eigenvalue weighted by Crippen LogP contribution is -2.38. The van der Waals surface area contributed by atoms with Crippen LogP contribution in [0.5, 0.6) is 0 Å². The molecule has 1 aromatic carbocycles. The lowest BCUT2D eigenvalue weighted by molar-refractivity contribution is -0.114. The van der Waals surface area contributed by atoms with Crippen molar-refractivity contribution in [2.45, 2.75) is 20.3 Å². The van der Waals surface area contributed by atoms with Gasteiger partial charge in [0.2, 0.25) is 5.91 Å². The van der Waals surface area contributed by atoms with E-state index in [0.29, 0.717) is 30.3 Å². The van der Waals surface area contributed by atoms with Crippen molar-refractivity contribution in [2.24, 2.45) is 9.98 Å². The fourth-order valence-electron chi connectivity index (χ4n) is 3.37. The summed E-state index contributed by atoms with van der Waals surface area (Å²) < 4.78 is 0.985. The first kappa shape index (κ1) is 18.5. The fourth-order valence-corrected chi connectivity index (χ4v) is 3.94. The number of halogens is 1. The number of rotatable bonds is 4. The van der Waals surface area contributed by atoms with Gasteiger partial charge < -0.3 is 10.2 Å². The Morgan fingerprint density at radius 1 is 1.29 bits per heavy atom. The molecule has 7 nitrogen and oxygen atoms in total. The molecule has 0 spiro atoms. The molecule has 1 aromatic heterocycles. The summed E-state index contributed by atoms with van der Waals surface area (Å²) in [5.41, 5.74) is 3.36. The van der Waals surface area contributed by atoms with E-state index in [4.69, 9.17) is 4.99 Å². The third kappa shape index (κ3) is 3.47. The minimum atomic E-state index is -0.204. The third-order valence-corrected chi connectivity index (χ3v) is 5.07. The van der Waals surface area contributed by atoms with Gasteiger partial charge in [-0.25, -0.2) is 9.98 Å². The number of carbonyl (C=O) groups excluding carboxylic acids is 2. The second-order valence-electron chi connectivity index (χ2n) is 6.72. The minimum absolute atomic E-state index is 0.0786. The Morgan fingerprint density at radius 3 is 2.82 bits per heavy atom. The molecule has 0 unspecified atom stereocenters. The summed E-state index contributed by atoms with van der Waals surface area (Å²) in [5.74, 6) is 1.71. The van der Waals surface area contributed by atoms with E-state index in [1.165, 1.54) is 13.1 Å². The van der Waals surface area contributed by atoms with Crippen LogP contribution >= 0.6 is 15.9 Å². The van der Waals surface area contributed by atoms with Crippen LogP contribution in [0.3, 0.4) is 0 Å². The Balaban J connectivity index is 1.62. The first-order valence-electron chi connectivity index (χ1n) is 8.89. The van der Waals surface area contributed by atoms with Crippen LogP contribution in [0, 0.1) is 6.92 Å². The maximum atomic E-state index is 12.8. The lowest BCUT2D eigenvalue weighted by atomic mass is 10.0. The number of amidine groups is 2. The van der Waals surface area contributed by atoms with Crippen LogP contribution in [0.2, 0.25) is 0 Å². The smallest absolute Gasteiger partial charge is 0.222 e. The van der Waals surface area contributed by atoms with Crippen LogP contribution in [0.4, 0.5) is 11.5 Å². The summed E-state index contributed by atoms with van der Waals surface area (Å²) in [6.07, 6.45) is 1.64. The van der Waals surface area contributed by atoms with Crippen LogP contribution in [-0.2, 0) is 4.79 Å². The van der Waals surface area contributed by atoms with E-state index in [9.17, 15) is 9.59 Å². The molecule has 2 aliphatic heterocycles. The number of benzene rings is 1. The average molecular weight is 440 g/mol. The highest BCUT2D eigenvalue weighted by molar-refractivity contribution is 9.10.